The summed E-state index contributed by atoms with van der Waals surface area (Å²) < 4.78 is 12.7. The van der Waals surface area contributed by atoms with Gasteiger partial charge in [0.05, 0.1) is 32.0 Å². The third kappa shape index (κ3) is 4.15. The lowest BCUT2D eigenvalue weighted by atomic mass is 10.1. The zero-order chi connectivity index (χ0) is 18.4. The molecule has 26 heavy (non-hydrogen) atoms. The molecule has 0 fully saturated rings. The number of carbonyl (C=O) groups is 1. The largest absolute Gasteiger partial charge is 0.493 e. The van der Waals surface area contributed by atoms with Crippen molar-refractivity contribution < 1.29 is 19.4 Å². The van der Waals surface area contributed by atoms with Crippen LogP contribution in [0.5, 0.6) is 11.5 Å². The quantitative estimate of drug-likeness (QED) is 0.663. The molecule has 3 aromatic rings. The van der Waals surface area contributed by atoms with Crippen LogP contribution in [0.25, 0.3) is 11.4 Å². The van der Waals surface area contributed by atoms with E-state index in [1.165, 1.54) is 0 Å². The Hall–Kier alpha value is -3.42. The molecule has 0 amide bonds. The molecule has 0 aliphatic carbocycles. The van der Waals surface area contributed by atoms with E-state index >= 15 is 0 Å². The summed E-state index contributed by atoms with van der Waals surface area (Å²) in [6.07, 6.45) is 6.65. The highest BCUT2D eigenvalue weighted by molar-refractivity contribution is 5.66. The first kappa shape index (κ1) is 17.4. The van der Waals surface area contributed by atoms with Crippen molar-refractivity contribution in [2.45, 2.75) is 19.6 Å². The van der Waals surface area contributed by atoms with Gasteiger partial charge in [-0.2, -0.15) is 5.10 Å². The summed E-state index contributed by atoms with van der Waals surface area (Å²) in [5.41, 5.74) is 2.19. The van der Waals surface area contributed by atoms with Crippen molar-refractivity contribution in [3.63, 3.8) is 0 Å². The van der Waals surface area contributed by atoms with Crippen molar-refractivity contribution >= 4 is 5.97 Å². The molecule has 0 atom stereocenters. The maximum atomic E-state index is 10.7. The Balaban J connectivity index is 1.77. The highest BCUT2D eigenvalue weighted by atomic mass is 16.5. The fourth-order valence-electron chi connectivity index (χ4n) is 2.41. The Morgan fingerprint density at radius 1 is 1.23 bits per heavy atom. The maximum absolute atomic E-state index is 10.7. The third-order valence-corrected chi connectivity index (χ3v) is 3.68. The number of aromatic nitrogens is 4. The lowest BCUT2D eigenvalue weighted by Gasteiger charge is -2.11. The summed E-state index contributed by atoms with van der Waals surface area (Å²) >= 11 is 0. The fourth-order valence-corrected chi connectivity index (χ4v) is 2.41. The van der Waals surface area contributed by atoms with Crippen molar-refractivity contribution in [1.82, 2.24) is 19.7 Å². The molecule has 8 nitrogen and oxygen atoms in total. The van der Waals surface area contributed by atoms with Crippen molar-refractivity contribution in [3.05, 3.63) is 54.6 Å². The van der Waals surface area contributed by atoms with E-state index < -0.39 is 5.97 Å². The molecule has 0 saturated carbocycles. The van der Waals surface area contributed by atoms with Crippen LogP contribution in [0, 0.1) is 0 Å². The van der Waals surface area contributed by atoms with Crippen LogP contribution < -0.4 is 9.47 Å². The molecule has 0 saturated heterocycles. The number of aliphatic carboxylic acids is 1. The Labute approximate surface area is 150 Å². The van der Waals surface area contributed by atoms with Gasteiger partial charge in [-0.3, -0.25) is 19.4 Å². The highest BCUT2D eigenvalue weighted by Crippen LogP contribution is 2.27. The molecule has 0 spiro atoms. The number of carboxylic acid groups (broad SMARTS) is 1. The molecule has 0 aliphatic heterocycles. The molecule has 134 valence electrons. The molecule has 3 aromatic heterocycles. The molecule has 0 aliphatic rings. The van der Waals surface area contributed by atoms with Crippen LogP contribution in [-0.2, 0) is 17.9 Å². The Morgan fingerprint density at radius 3 is 2.92 bits per heavy atom. The number of nitrogens with zero attached hydrogens (tertiary/aromatic N) is 4. The zero-order valence-electron chi connectivity index (χ0n) is 14.2. The van der Waals surface area contributed by atoms with Gasteiger partial charge in [0, 0.05) is 30.2 Å². The average molecular weight is 354 g/mol. The van der Waals surface area contributed by atoms with Crippen LogP contribution in [0.1, 0.15) is 12.0 Å². The van der Waals surface area contributed by atoms with Crippen LogP contribution >= 0.6 is 0 Å². The van der Waals surface area contributed by atoms with E-state index in [1.54, 1.807) is 48.7 Å². The summed E-state index contributed by atoms with van der Waals surface area (Å²) in [5, 5.41) is 13.2. The Kier molecular flexibility index (Phi) is 5.43. The van der Waals surface area contributed by atoms with Gasteiger partial charge in [0.2, 0.25) is 0 Å². The summed E-state index contributed by atoms with van der Waals surface area (Å²) in [5.74, 6) is 0.277. The van der Waals surface area contributed by atoms with Gasteiger partial charge in [0.15, 0.2) is 11.5 Å². The molecule has 0 radical (unpaired) electrons. The topological polar surface area (TPSA) is 99.4 Å². The van der Waals surface area contributed by atoms with Gasteiger partial charge >= 0.3 is 5.97 Å². The average Bonchev–Trinajstić information content (AvgIpc) is 3.14. The predicted octanol–water partition coefficient (Wildman–Crippen LogP) is 2.40. The first-order valence-electron chi connectivity index (χ1n) is 7.97. The summed E-state index contributed by atoms with van der Waals surface area (Å²) in [4.78, 5) is 19.1. The van der Waals surface area contributed by atoms with Crippen molar-refractivity contribution in [2.75, 3.05) is 7.11 Å². The molecule has 0 unspecified atom stereocenters. The first-order valence-corrected chi connectivity index (χ1v) is 7.97. The number of ether oxygens (including phenoxy) is 2. The van der Waals surface area contributed by atoms with E-state index in [-0.39, 0.29) is 13.0 Å². The van der Waals surface area contributed by atoms with Crippen LogP contribution in [0.3, 0.4) is 0 Å². The monoisotopic (exact) mass is 354 g/mol. The minimum atomic E-state index is -0.862. The summed E-state index contributed by atoms with van der Waals surface area (Å²) in [6, 6.07) is 7.26. The first-order chi connectivity index (χ1) is 12.7. The third-order valence-electron chi connectivity index (χ3n) is 3.68. The smallest absolute Gasteiger partial charge is 0.305 e. The fraction of sp³-hybridized carbons (Fsp3) is 0.222. The van der Waals surface area contributed by atoms with Gasteiger partial charge in [-0.05, 0) is 12.1 Å². The highest BCUT2D eigenvalue weighted by Gasteiger charge is 2.12. The van der Waals surface area contributed by atoms with E-state index in [0.29, 0.717) is 29.4 Å². The van der Waals surface area contributed by atoms with E-state index in [1.807, 2.05) is 12.1 Å². The number of aryl methyl sites for hydroxylation is 1. The molecular formula is C18H18N4O4. The number of pyridine rings is 2. The number of carboxylic acids is 1. The van der Waals surface area contributed by atoms with Crippen LogP contribution in [0.2, 0.25) is 0 Å². The molecule has 0 aromatic carbocycles. The molecule has 3 heterocycles. The molecule has 0 bridgehead atoms. The van der Waals surface area contributed by atoms with Gasteiger partial charge in [-0.15, -0.1) is 0 Å². The van der Waals surface area contributed by atoms with Crippen LogP contribution in [-0.4, -0.2) is 37.9 Å². The second-order valence-corrected chi connectivity index (χ2v) is 5.43. The van der Waals surface area contributed by atoms with E-state index in [0.717, 1.165) is 5.56 Å². The van der Waals surface area contributed by atoms with Crippen molar-refractivity contribution in [2.24, 2.45) is 0 Å². The minimum Gasteiger partial charge on any atom is -0.493 e. The summed E-state index contributed by atoms with van der Waals surface area (Å²) in [6.45, 7) is 0.577. The zero-order valence-corrected chi connectivity index (χ0v) is 14.2. The number of methoxy groups -OCH3 is 1. The van der Waals surface area contributed by atoms with Crippen molar-refractivity contribution in [1.29, 1.82) is 0 Å². The second-order valence-electron chi connectivity index (χ2n) is 5.43. The molecule has 8 heteroatoms. The van der Waals surface area contributed by atoms with Gasteiger partial charge in [-0.1, -0.05) is 6.07 Å². The number of hydrogen-bond donors (Lipinski definition) is 1. The van der Waals surface area contributed by atoms with Crippen LogP contribution in [0.15, 0.2) is 49.1 Å². The predicted molar refractivity (Wildman–Crippen MR) is 92.8 cm³/mol. The Morgan fingerprint density at radius 2 is 2.12 bits per heavy atom. The standard InChI is InChI=1S/C18H18N4O4/c1-25-15-4-8-19-11-16(15)26-12-13-3-2-7-20-18(13)14-5-9-22(21-14)10-6-17(23)24/h2-5,7-9,11H,6,10,12H2,1H3,(H,23,24). The number of rotatable bonds is 8. The van der Waals surface area contributed by atoms with Crippen molar-refractivity contribution in [3.8, 4) is 22.9 Å². The molecular weight excluding hydrogens is 336 g/mol. The Bertz CT molecular complexity index is 894. The normalized spacial score (nSPS) is 10.5. The second kappa shape index (κ2) is 8.11. The van der Waals surface area contributed by atoms with E-state index in [4.69, 9.17) is 14.6 Å². The van der Waals surface area contributed by atoms with Gasteiger partial charge < -0.3 is 14.6 Å². The SMILES string of the molecule is COc1ccncc1OCc1cccnc1-c1ccn(CCC(=O)O)n1. The van der Waals surface area contributed by atoms with E-state index in [9.17, 15) is 4.79 Å². The van der Waals surface area contributed by atoms with Gasteiger partial charge in [-0.25, -0.2) is 0 Å². The van der Waals surface area contributed by atoms with Gasteiger partial charge in [0.1, 0.15) is 12.3 Å². The molecule has 3 rings (SSSR count). The summed E-state index contributed by atoms with van der Waals surface area (Å²) in [7, 11) is 1.57. The lowest BCUT2D eigenvalue weighted by molar-refractivity contribution is -0.137. The molecule has 1 N–H and O–H groups in total. The lowest BCUT2D eigenvalue weighted by Crippen LogP contribution is -2.05. The van der Waals surface area contributed by atoms with Crippen LogP contribution in [0.4, 0.5) is 0 Å². The minimum absolute atomic E-state index is 0.0140. The maximum Gasteiger partial charge on any atom is 0.305 e. The number of hydrogen-bond acceptors (Lipinski definition) is 6. The van der Waals surface area contributed by atoms with Gasteiger partial charge in [0.25, 0.3) is 0 Å². The van der Waals surface area contributed by atoms with E-state index in [2.05, 4.69) is 15.1 Å².